The maximum atomic E-state index is 10.2. The molecule has 44 valence electrons. The van der Waals surface area contributed by atoms with E-state index in [1.807, 2.05) is 9.71 Å². The van der Waals surface area contributed by atoms with Crippen molar-refractivity contribution in [2.45, 2.75) is 0 Å². The number of carboxylic acid groups (broad SMARTS) is 1. The Bertz CT molecular complexity index is 213. The number of rotatable bonds is 1. The number of carboxylic acids is 1. The van der Waals surface area contributed by atoms with Crippen molar-refractivity contribution in [3.8, 4) is 0 Å². The summed E-state index contributed by atoms with van der Waals surface area (Å²) in [6.07, 6.45) is 5.29. The van der Waals surface area contributed by atoms with Crippen molar-refractivity contribution >= 4 is 32.8 Å². The normalized spacial score (nSPS) is 14.4. The fraction of sp³-hybridized carbons (Fsp3) is 0. The molecule has 0 amide bonds. The van der Waals surface area contributed by atoms with Gasteiger partial charge in [0.25, 0.3) is 0 Å². The van der Waals surface area contributed by atoms with Gasteiger partial charge in [0.1, 0.15) is 0 Å². The van der Waals surface area contributed by atoms with E-state index < -0.39 is 29.7 Å². The van der Waals surface area contributed by atoms with Gasteiger partial charge in [-0.15, -0.1) is 0 Å². The van der Waals surface area contributed by atoms with Crippen LogP contribution in [0.5, 0.6) is 0 Å². The number of carbonyl (C=O) groups excluding carboxylic acids is 1. The summed E-state index contributed by atoms with van der Waals surface area (Å²) in [5.74, 6) is -0.981. The van der Waals surface area contributed by atoms with Gasteiger partial charge in [0.2, 0.25) is 0 Å². The first-order valence-electron chi connectivity index (χ1n) is 2.57. The number of hydrogen-bond donors (Lipinski definition) is 0. The molecular weight excluding hydrogens is 308 g/mol. The van der Waals surface area contributed by atoms with Crippen LogP contribution in [0.1, 0.15) is 0 Å². The molecule has 1 heterocycles. The Labute approximate surface area is 64.6 Å². The Morgan fingerprint density at radius 1 is 1.56 bits per heavy atom. The van der Waals surface area contributed by atoms with Crippen LogP contribution < -0.4 is 5.11 Å². The number of hydrogen-bond acceptors (Lipinski definition) is 2. The molecule has 2 nitrogen and oxygen atoms in total. The predicted molar refractivity (Wildman–Crippen MR) is 34.0 cm³/mol. The zero-order valence-corrected chi connectivity index (χ0v) is 9.19. The van der Waals surface area contributed by atoms with Gasteiger partial charge in [-0.25, -0.2) is 0 Å². The third-order valence-corrected chi connectivity index (χ3v) is 5.68. The molecule has 0 saturated carbocycles. The van der Waals surface area contributed by atoms with Crippen LogP contribution in [-0.4, -0.2) is 32.8 Å². The molecule has 0 atom stereocenters. The van der Waals surface area contributed by atoms with Crippen LogP contribution in [0.2, 0.25) is 0 Å². The molecule has 1 rings (SSSR count). The van der Waals surface area contributed by atoms with Crippen molar-refractivity contribution in [1.82, 2.24) is 0 Å². The topological polar surface area (TPSA) is 40.1 Å². The molecule has 0 bridgehead atoms. The molecule has 1 aliphatic rings. The molecular formula is C6H4O2Tl-. The predicted octanol–water partition coefficient (Wildman–Crippen LogP) is -1.30. The Morgan fingerprint density at radius 3 is 2.67 bits per heavy atom. The van der Waals surface area contributed by atoms with Gasteiger partial charge in [-0.3, -0.25) is 0 Å². The second-order valence-corrected chi connectivity index (χ2v) is 6.86. The maximum absolute atomic E-state index is 10.2. The van der Waals surface area contributed by atoms with Gasteiger partial charge in [0, 0.05) is 0 Å². The molecule has 0 aliphatic carbocycles. The van der Waals surface area contributed by atoms with Crippen LogP contribution in [0.15, 0.2) is 21.9 Å². The molecule has 0 saturated heterocycles. The van der Waals surface area contributed by atoms with Crippen molar-refractivity contribution < 1.29 is 9.90 Å². The zero-order valence-electron chi connectivity index (χ0n) is 4.70. The van der Waals surface area contributed by atoms with E-state index in [1.54, 1.807) is 12.2 Å². The van der Waals surface area contributed by atoms with E-state index >= 15 is 0 Å². The van der Waals surface area contributed by atoms with Gasteiger partial charge in [0.05, 0.1) is 0 Å². The van der Waals surface area contributed by atoms with Gasteiger partial charge < -0.3 is 0 Å². The Kier molecular flexibility index (Phi) is 2.32. The van der Waals surface area contributed by atoms with E-state index in [0.717, 1.165) is 0 Å². The number of aliphatic carboxylic acids is 1. The van der Waals surface area contributed by atoms with Crippen molar-refractivity contribution in [3.63, 3.8) is 0 Å². The summed E-state index contributed by atoms with van der Waals surface area (Å²) >= 11 is -1.20. The summed E-state index contributed by atoms with van der Waals surface area (Å²) in [4.78, 5) is 10.2. The number of carbonyl (C=O) groups is 1. The van der Waals surface area contributed by atoms with Gasteiger partial charge in [-0.05, 0) is 0 Å². The van der Waals surface area contributed by atoms with Crippen molar-refractivity contribution in [3.05, 3.63) is 21.9 Å². The van der Waals surface area contributed by atoms with Crippen molar-refractivity contribution in [1.29, 1.82) is 0 Å². The van der Waals surface area contributed by atoms with Crippen LogP contribution in [0, 0.1) is 0 Å². The van der Waals surface area contributed by atoms with Crippen LogP contribution in [0.4, 0.5) is 0 Å². The Morgan fingerprint density at radius 2 is 2.33 bits per heavy atom. The van der Waals surface area contributed by atoms with E-state index in [0.29, 0.717) is 3.06 Å². The van der Waals surface area contributed by atoms with E-state index in [1.165, 1.54) is 0 Å². The van der Waals surface area contributed by atoms with E-state index in [4.69, 9.17) is 0 Å². The first kappa shape index (κ1) is 6.86. The molecule has 0 radical (unpaired) electrons. The molecule has 0 aromatic rings. The summed E-state index contributed by atoms with van der Waals surface area (Å²) in [5, 5.41) is 10.2. The Balaban J connectivity index is 2.84. The van der Waals surface area contributed by atoms with Crippen LogP contribution >= 0.6 is 0 Å². The second kappa shape index (κ2) is 3.05. The third kappa shape index (κ3) is 1.85. The van der Waals surface area contributed by atoms with E-state index in [2.05, 4.69) is 0 Å². The van der Waals surface area contributed by atoms with Gasteiger partial charge in [-0.1, -0.05) is 0 Å². The molecule has 0 spiro atoms. The van der Waals surface area contributed by atoms with Gasteiger partial charge in [-0.2, -0.15) is 0 Å². The van der Waals surface area contributed by atoms with Crippen molar-refractivity contribution in [2.75, 3.05) is 0 Å². The summed E-state index contributed by atoms with van der Waals surface area (Å²) in [5.41, 5.74) is 0. The molecule has 1 aliphatic heterocycles. The first-order chi connectivity index (χ1) is 4.30. The molecule has 0 N–H and O–H groups in total. The standard InChI is InChI=1S/C6H5O2.Tl/c1-2-3-4-5-6(7)8;/h1-4H,(H,7,8);/p-1. The monoisotopic (exact) mass is 313 g/mol. The minimum atomic E-state index is -1.20. The summed E-state index contributed by atoms with van der Waals surface area (Å²) < 4.78 is 2.54. The van der Waals surface area contributed by atoms with Gasteiger partial charge in [0.15, 0.2) is 0 Å². The molecule has 0 aromatic heterocycles. The average molecular weight is 312 g/mol. The van der Waals surface area contributed by atoms with E-state index in [-0.39, 0.29) is 0 Å². The molecule has 0 fully saturated rings. The summed E-state index contributed by atoms with van der Waals surface area (Å²) in [6.45, 7) is 0. The van der Waals surface area contributed by atoms with Crippen LogP contribution in [-0.2, 0) is 4.79 Å². The molecule has 0 unspecified atom stereocenters. The zero-order chi connectivity index (χ0) is 6.69. The minimum absolute atomic E-state index is 0.553. The Hall–Kier alpha value is -0.258. The quantitative estimate of drug-likeness (QED) is 0.565. The van der Waals surface area contributed by atoms with Crippen LogP contribution in [0.3, 0.4) is 0 Å². The number of allylic oxidation sites excluding steroid dienone is 2. The third-order valence-electron chi connectivity index (χ3n) is 1.01. The first-order valence-corrected chi connectivity index (χ1v) is 7.41. The molecule has 3 heteroatoms. The average Bonchev–Trinajstić information content (AvgIpc) is 1.90. The van der Waals surface area contributed by atoms with E-state index in [9.17, 15) is 9.90 Å². The molecule has 9 heavy (non-hydrogen) atoms. The summed E-state index contributed by atoms with van der Waals surface area (Å²) in [6, 6.07) is 0. The van der Waals surface area contributed by atoms with Crippen LogP contribution in [0.25, 0.3) is 0 Å². The molecule has 0 aromatic carbocycles. The fourth-order valence-corrected chi connectivity index (χ4v) is 3.70. The summed E-state index contributed by atoms with van der Waals surface area (Å²) in [7, 11) is 0. The second-order valence-electron chi connectivity index (χ2n) is 1.65. The fourth-order valence-electron chi connectivity index (χ4n) is 0.574. The van der Waals surface area contributed by atoms with Gasteiger partial charge >= 0.3 is 64.5 Å². The van der Waals surface area contributed by atoms with Crippen molar-refractivity contribution in [2.24, 2.45) is 0 Å². The SMILES string of the molecule is O=C([O-])[C]1=[Tl][CH]=CC=C1.